The zero-order valence-electron chi connectivity index (χ0n) is 12.7. The minimum Gasteiger partial charge on any atom is -0.425 e. The van der Waals surface area contributed by atoms with Crippen molar-refractivity contribution in [1.82, 2.24) is 0 Å². The van der Waals surface area contributed by atoms with E-state index in [0.29, 0.717) is 16.9 Å². The summed E-state index contributed by atoms with van der Waals surface area (Å²) in [4.78, 5) is 11.6. The van der Waals surface area contributed by atoms with Gasteiger partial charge in [0.05, 0.1) is 5.56 Å². The second-order valence-electron chi connectivity index (χ2n) is 4.90. The molecule has 1 aliphatic rings. The van der Waals surface area contributed by atoms with Gasteiger partial charge >= 0.3 is 13.6 Å². The molecule has 2 aromatic carbocycles. The van der Waals surface area contributed by atoms with Crippen molar-refractivity contribution in [3.63, 3.8) is 0 Å². The maximum atomic E-state index is 13.2. The number of benzene rings is 2. The minimum atomic E-state index is -3.67. The molecule has 23 heavy (non-hydrogen) atoms. The molecule has 5 nitrogen and oxygen atoms in total. The number of para-hydroxylation sites is 1. The van der Waals surface area contributed by atoms with Crippen LogP contribution in [0.1, 0.15) is 18.1 Å². The van der Waals surface area contributed by atoms with E-state index in [1.165, 1.54) is 14.0 Å². The first-order valence-corrected chi connectivity index (χ1v) is 8.53. The third-order valence-corrected chi connectivity index (χ3v) is 5.30. The Balaban J connectivity index is 2.34. The molecule has 2 aromatic rings. The number of hydrogen-bond donors (Lipinski definition) is 0. The molecule has 3 rings (SSSR count). The summed E-state index contributed by atoms with van der Waals surface area (Å²) in [7, 11) is -2.36. The highest BCUT2D eigenvalue weighted by Gasteiger charge is 2.41. The SMILES string of the molecule is COP1(=O)Oc2ccccc2C(OC(C)=O)=C1c1ccccc1. The molecular weight excluding hydrogens is 315 g/mol. The van der Waals surface area contributed by atoms with Gasteiger partial charge in [-0.05, 0) is 17.7 Å². The molecule has 0 aliphatic carbocycles. The van der Waals surface area contributed by atoms with Crippen LogP contribution in [0.2, 0.25) is 0 Å². The molecule has 1 atom stereocenters. The standard InChI is InChI=1S/C17H15O5P/c1-12(18)21-16-14-10-6-7-11-15(14)22-23(19,20-2)17(16)13-8-4-3-5-9-13/h3-11H,1-2H3. The lowest BCUT2D eigenvalue weighted by Crippen LogP contribution is -2.11. The normalized spacial score (nSPS) is 19.7. The Hall–Kier alpha value is -2.36. The van der Waals surface area contributed by atoms with Crippen LogP contribution in [0, 0.1) is 0 Å². The van der Waals surface area contributed by atoms with Gasteiger partial charge in [0.2, 0.25) is 0 Å². The van der Waals surface area contributed by atoms with Gasteiger partial charge in [-0.25, -0.2) is 4.57 Å². The van der Waals surface area contributed by atoms with E-state index in [1.807, 2.05) is 6.07 Å². The Kier molecular flexibility index (Phi) is 4.07. The maximum absolute atomic E-state index is 13.2. The Bertz CT molecular complexity index is 826. The fourth-order valence-electron chi connectivity index (χ4n) is 2.42. The van der Waals surface area contributed by atoms with Gasteiger partial charge in [-0.15, -0.1) is 0 Å². The second-order valence-corrected chi connectivity index (χ2v) is 6.89. The van der Waals surface area contributed by atoms with Gasteiger partial charge in [0.15, 0.2) is 5.76 Å². The lowest BCUT2D eigenvalue weighted by Gasteiger charge is -2.28. The molecular formula is C17H15O5P. The molecule has 0 saturated carbocycles. The highest BCUT2D eigenvalue weighted by molar-refractivity contribution is 7.66. The van der Waals surface area contributed by atoms with Gasteiger partial charge in [-0.2, -0.15) is 0 Å². The summed E-state index contributed by atoms with van der Waals surface area (Å²) in [5.41, 5.74) is 1.17. The molecule has 0 fully saturated rings. The van der Waals surface area contributed by atoms with Crippen molar-refractivity contribution in [2.45, 2.75) is 6.92 Å². The second kappa shape index (κ2) is 6.03. The summed E-state index contributed by atoms with van der Waals surface area (Å²) in [5, 5.41) is 0.245. The minimum absolute atomic E-state index is 0.204. The summed E-state index contributed by atoms with van der Waals surface area (Å²) in [6.07, 6.45) is 0. The molecule has 6 heteroatoms. The van der Waals surface area contributed by atoms with Gasteiger partial charge < -0.3 is 9.26 Å². The number of carbonyl (C=O) groups excluding carboxylic acids is 1. The molecule has 0 saturated heterocycles. The third kappa shape index (κ3) is 2.81. The number of hydrogen-bond acceptors (Lipinski definition) is 5. The van der Waals surface area contributed by atoms with E-state index in [9.17, 15) is 9.36 Å². The molecule has 0 bridgehead atoms. The van der Waals surface area contributed by atoms with E-state index in [0.717, 1.165) is 0 Å². The highest BCUT2D eigenvalue weighted by Crippen LogP contribution is 2.65. The Labute approximate surface area is 134 Å². The van der Waals surface area contributed by atoms with Crippen LogP contribution in [0.4, 0.5) is 0 Å². The quantitative estimate of drug-likeness (QED) is 0.620. The fourth-order valence-corrected chi connectivity index (χ4v) is 4.07. The largest absolute Gasteiger partial charge is 0.425 e. The average Bonchev–Trinajstić information content (AvgIpc) is 2.55. The summed E-state index contributed by atoms with van der Waals surface area (Å²) < 4.78 is 29.4. The molecule has 118 valence electrons. The van der Waals surface area contributed by atoms with Crippen molar-refractivity contribution >= 4 is 24.6 Å². The average molecular weight is 330 g/mol. The van der Waals surface area contributed by atoms with Gasteiger partial charge in [0.25, 0.3) is 0 Å². The van der Waals surface area contributed by atoms with Crippen LogP contribution in [0.15, 0.2) is 54.6 Å². The van der Waals surface area contributed by atoms with Crippen LogP contribution in [0.3, 0.4) is 0 Å². The van der Waals surface area contributed by atoms with Crippen LogP contribution < -0.4 is 4.52 Å². The van der Waals surface area contributed by atoms with Gasteiger partial charge in [0, 0.05) is 14.0 Å². The summed E-state index contributed by atoms with van der Waals surface area (Å²) >= 11 is 0. The van der Waals surface area contributed by atoms with E-state index in [1.54, 1.807) is 48.5 Å². The first kappa shape index (κ1) is 15.5. The van der Waals surface area contributed by atoms with E-state index in [4.69, 9.17) is 13.8 Å². The van der Waals surface area contributed by atoms with E-state index >= 15 is 0 Å². The van der Waals surface area contributed by atoms with Gasteiger partial charge in [-0.1, -0.05) is 42.5 Å². The molecule has 0 radical (unpaired) electrons. The number of ether oxygens (including phenoxy) is 1. The van der Waals surface area contributed by atoms with Crippen molar-refractivity contribution in [3.05, 3.63) is 65.7 Å². The van der Waals surface area contributed by atoms with Crippen molar-refractivity contribution in [1.29, 1.82) is 0 Å². The fraction of sp³-hybridized carbons (Fsp3) is 0.118. The summed E-state index contributed by atoms with van der Waals surface area (Å²) in [6, 6.07) is 15.9. The van der Waals surface area contributed by atoms with Crippen molar-refractivity contribution in [3.8, 4) is 5.75 Å². The number of esters is 1. The lowest BCUT2D eigenvalue weighted by atomic mass is 10.1. The lowest BCUT2D eigenvalue weighted by molar-refractivity contribution is -0.134. The van der Waals surface area contributed by atoms with E-state index in [2.05, 4.69) is 0 Å². The number of rotatable bonds is 3. The predicted molar refractivity (Wildman–Crippen MR) is 86.7 cm³/mol. The third-order valence-electron chi connectivity index (χ3n) is 3.37. The summed E-state index contributed by atoms with van der Waals surface area (Å²) in [5.74, 6) is 0.0529. The topological polar surface area (TPSA) is 61.8 Å². The van der Waals surface area contributed by atoms with Crippen LogP contribution in [-0.2, 0) is 18.6 Å². The Morgan fingerprint density at radius 2 is 1.70 bits per heavy atom. The molecule has 1 heterocycles. The first-order chi connectivity index (χ1) is 11.0. The molecule has 0 amide bonds. The molecule has 0 N–H and O–H groups in total. The monoisotopic (exact) mass is 330 g/mol. The van der Waals surface area contributed by atoms with Gasteiger partial charge in [-0.3, -0.25) is 9.32 Å². The predicted octanol–water partition coefficient (Wildman–Crippen LogP) is 4.31. The Morgan fingerprint density at radius 3 is 2.35 bits per heavy atom. The maximum Gasteiger partial charge on any atom is 0.414 e. The number of carbonyl (C=O) groups is 1. The first-order valence-electron chi connectivity index (χ1n) is 6.98. The van der Waals surface area contributed by atoms with Crippen LogP contribution in [0.5, 0.6) is 5.75 Å². The number of fused-ring (bicyclic) bond motifs is 1. The molecule has 1 aliphatic heterocycles. The van der Waals surface area contributed by atoms with Crippen molar-refractivity contribution in [2.75, 3.05) is 7.11 Å². The Morgan fingerprint density at radius 1 is 1.04 bits per heavy atom. The van der Waals surface area contributed by atoms with Crippen LogP contribution in [-0.4, -0.2) is 13.1 Å². The van der Waals surface area contributed by atoms with Crippen molar-refractivity contribution < 1.29 is 23.1 Å². The van der Waals surface area contributed by atoms with E-state index < -0.39 is 13.6 Å². The van der Waals surface area contributed by atoms with E-state index in [-0.39, 0.29) is 11.1 Å². The highest BCUT2D eigenvalue weighted by atomic mass is 31.2. The molecule has 0 aromatic heterocycles. The van der Waals surface area contributed by atoms with Crippen molar-refractivity contribution in [2.24, 2.45) is 0 Å². The smallest absolute Gasteiger partial charge is 0.414 e. The van der Waals surface area contributed by atoms with Crippen LogP contribution in [0.25, 0.3) is 11.1 Å². The van der Waals surface area contributed by atoms with Gasteiger partial charge in [0.1, 0.15) is 11.1 Å². The van der Waals surface area contributed by atoms with Crippen LogP contribution >= 0.6 is 7.60 Å². The zero-order valence-corrected chi connectivity index (χ0v) is 13.6. The zero-order chi connectivity index (χ0) is 16.4. The molecule has 1 unspecified atom stereocenters. The summed E-state index contributed by atoms with van der Waals surface area (Å²) in [6.45, 7) is 1.30. The molecule has 0 spiro atoms.